The number of carbonyl (C=O) groups excluding carboxylic acids is 3. The maximum atomic E-state index is 14.3. The van der Waals surface area contributed by atoms with E-state index >= 15 is 0 Å². The number of ether oxygens (including phenoxy) is 5. The van der Waals surface area contributed by atoms with Crippen molar-refractivity contribution in [2.75, 3.05) is 34.3 Å². The molecule has 0 saturated carbocycles. The molecule has 3 aliphatic rings. The number of hydrogen-bond donors (Lipinski definition) is 4. The van der Waals surface area contributed by atoms with Gasteiger partial charge in [-0.25, -0.2) is 4.79 Å². The molecular formula is C42H70N4O9. The molecule has 1 aromatic rings. The highest BCUT2D eigenvalue weighted by Gasteiger charge is 2.55. The summed E-state index contributed by atoms with van der Waals surface area (Å²) in [5.41, 5.74) is 0.293. The Morgan fingerprint density at radius 1 is 1.05 bits per heavy atom. The number of cyclic esters (lactones) is 1. The Labute approximate surface area is 329 Å². The van der Waals surface area contributed by atoms with Gasteiger partial charge in [-0.15, -0.1) is 0 Å². The summed E-state index contributed by atoms with van der Waals surface area (Å²) >= 11 is 0. The molecule has 55 heavy (non-hydrogen) atoms. The van der Waals surface area contributed by atoms with E-state index < -0.39 is 71.5 Å². The first-order valence-corrected chi connectivity index (χ1v) is 20.1. The summed E-state index contributed by atoms with van der Waals surface area (Å²) in [6, 6.07) is 7.57. The van der Waals surface area contributed by atoms with Crippen molar-refractivity contribution in [3.8, 4) is 0 Å². The van der Waals surface area contributed by atoms with E-state index in [-0.39, 0.29) is 29.5 Å². The SMILES string of the molecule is CC[C@H]1OC(=O)C(C)C(=O)[C@H](C)[C@@H](O[C@@H]2OC(CNCc3ccc(C(C)(C)C)cc3)CC(N(C)C)C2O)[C@](C)(OC)C[C@@H](C)CN[C@H](C)[C@H]2NC(=O)O[C@@]21C. The molecule has 1 aromatic carbocycles. The molecule has 13 atom stereocenters. The van der Waals surface area contributed by atoms with Crippen LogP contribution in [0.5, 0.6) is 0 Å². The number of aliphatic hydroxyl groups excluding tert-OH is 1. The van der Waals surface area contributed by atoms with Crippen LogP contribution in [0, 0.1) is 17.8 Å². The number of nitrogens with zero attached hydrogens (tertiary/aromatic N) is 1. The van der Waals surface area contributed by atoms with Crippen molar-refractivity contribution < 1.29 is 43.2 Å². The number of esters is 1. The van der Waals surface area contributed by atoms with Gasteiger partial charge in [0.25, 0.3) is 0 Å². The third-order valence-electron chi connectivity index (χ3n) is 12.2. The molecule has 3 saturated heterocycles. The van der Waals surface area contributed by atoms with Crippen LogP contribution in [-0.2, 0) is 45.2 Å². The maximum Gasteiger partial charge on any atom is 0.408 e. The van der Waals surface area contributed by atoms with Crippen LogP contribution in [0.3, 0.4) is 0 Å². The summed E-state index contributed by atoms with van der Waals surface area (Å²) in [4.78, 5) is 42.6. The van der Waals surface area contributed by atoms with E-state index in [1.54, 1.807) is 21.0 Å². The Morgan fingerprint density at radius 3 is 2.29 bits per heavy atom. The van der Waals surface area contributed by atoms with Crippen LogP contribution >= 0.6 is 0 Å². The van der Waals surface area contributed by atoms with E-state index in [9.17, 15) is 19.5 Å². The van der Waals surface area contributed by atoms with Gasteiger partial charge in [-0.2, -0.15) is 0 Å². The quantitative estimate of drug-likeness (QED) is 0.209. The Kier molecular flexibility index (Phi) is 15.0. The number of benzene rings is 1. The normalized spacial score (nSPS) is 38.4. The predicted molar refractivity (Wildman–Crippen MR) is 210 cm³/mol. The number of alkyl carbamates (subject to hydrolysis) is 1. The van der Waals surface area contributed by atoms with Crippen LogP contribution in [0.1, 0.15) is 99.6 Å². The molecule has 3 fully saturated rings. The molecule has 0 aliphatic carbocycles. The number of rotatable bonds is 9. The van der Waals surface area contributed by atoms with E-state index in [2.05, 4.69) is 67.9 Å². The van der Waals surface area contributed by atoms with Gasteiger partial charge < -0.3 is 49.6 Å². The number of likely N-dealkylation sites (N-methyl/N-ethyl adjacent to an activating group) is 1. The second-order valence-corrected chi connectivity index (χ2v) is 18.0. The van der Waals surface area contributed by atoms with Gasteiger partial charge in [0.05, 0.1) is 23.9 Å². The summed E-state index contributed by atoms with van der Waals surface area (Å²) in [6.45, 7) is 21.1. The van der Waals surface area contributed by atoms with Crippen molar-refractivity contribution in [2.45, 2.75) is 160 Å². The molecule has 1 amide bonds. The van der Waals surface area contributed by atoms with Crippen molar-refractivity contribution >= 4 is 17.8 Å². The highest BCUT2D eigenvalue weighted by molar-refractivity contribution is 6.00. The second-order valence-electron chi connectivity index (χ2n) is 18.0. The number of hydrogen-bond acceptors (Lipinski definition) is 12. The van der Waals surface area contributed by atoms with Crippen LogP contribution in [-0.4, -0.2) is 122 Å². The van der Waals surface area contributed by atoms with Gasteiger partial charge >= 0.3 is 12.1 Å². The molecule has 3 heterocycles. The first-order chi connectivity index (χ1) is 25.6. The molecule has 312 valence electrons. The number of Topliss-reactive ketones (excluding diaryl/α,β-unsaturated/α-hetero) is 1. The van der Waals surface area contributed by atoms with Gasteiger partial charge in [0.1, 0.15) is 18.1 Å². The zero-order valence-electron chi connectivity index (χ0n) is 35.6. The predicted octanol–water partition coefficient (Wildman–Crippen LogP) is 4.32. The lowest BCUT2D eigenvalue weighted by atomic mass is 9.78. The number of fused-ring (bicyclic) bond motifs is 1. The average Bonchev–Trinajstić information content (AvgIpc) is 3.45. The van der Waals surface area contributed by atoms with Gasteiger partial charge in [0.2, 0.25) is 0 Å². The molecule has 4 rings (SSSR count). The molecular weight excluding hydrogens is 704 g/mol. The standard InChI is InChI=1S/C42H70N4O9/c1-14-32-42(10)35(45-39(50)55-42)27(5)44-21-24(2)20-41(9,51-13)36(25(3)33(47)26(4)37(49)53-32)54-38-34(48)31(46(11)12)19-30(52-38)23-43-22-28-15-17-29(18-16-28)40(6,7)8/h15-18,24-27,30-32,34-36,38,43-44,48H,14,19-23H2,1-13H3,(H,45,50)/t24-,25+,26?,27-,30?,31?,32-,34?,35-,36-,38+,41-,42-/m1/s1. The second kappa shape index (κ2) is 18.3. The van der Waals surface area contributed by atoms with Gasteiger partial charge in [-0.3, -0.25) is 9.59 Å². The number of aliphatic hydroxyl groups is 1. The molecule has 13 nitrogen and oxygen atoms in total. The topological polar surface area (TPSA) is 157 Å². The Balaban J connectivity index is 1.61. The lowest BCUT2D eigenvalue weighted by Gasteiger charge is -2.47. The highest BCUT2D eigenvalue weighted by atomic mass is 16.7. The fourth-order valence-electron chi connectivity index (χ4n) is 8.65. The van der Waals surface area contributed by atoms with E-state index in [1.165, 1.54) is 12.5 Å². The third-order valence-corrected chi connectivity index (χ3v) is 12.2. The van der Waals surface area contributed by atoms with Gasteiger partial charge in [0, 0.05) is 38.2 Å². The molecule has 13 heteroatoms. The Bertz CT molecular complexity index is 1450. The lowest BCUT2D eigenvalue weighted by molar-refractivity contribution is -0.297. The number of nitrogens with one attached hydrogen (secondary N) is 3. The maximum absolute atomic E-state index is 14.3. The third kappa shape index (κ3) is 10.5. The molecule has 4 unspecified atom stereocenters. The number of ketones is 1. The minimum absolute atomic E-state index is 0.00798. The van der Waals surface area contributed by atoms with Crippen LogP contribution in [0.25, 0.3) is 0 Å². The first kappa shape index (κ1) is 45.1. The smallest absolute Gasteiger partial charge is 0.408 e. The zero-order chi connectivity index (χ0) is 41.0. The summed E-state index contributed by atoms with van der Waals surface area (Å²) in [6.07, 6.45) is -3.32. The number of amides is 1. The van der Waals surface area contributed by atoms with Crippen molar-refractivity contribution in [3.63, 3.8) is 0 Å². The van der Waals surface area contributed by atoms with Crippen molar-refractivity contribution in [2.24, 2.45) is 17.8 Å². The van der Waals surface area contributed by atoms with Crippen LogP contribution < -0.4 is 16.0 Å². The van der Waals surface area contributed by atoms with Crippen molar-refractivity contribution in [1.29, 1.82) is 0 Å². The molecule has 3 aliphatic heterocycles. The highest BCUT2D eigenvalue weighted by Crippen LogP contribution is 2.38. The molecule has 0 radical (unpaired) electrons. The fourth-order valence-corrected chi connectivity index (χ4v) is 8.65. The summed E-state index contributed by atoms with van der Waals surface area (Å²) in [5.74, 6) is -3.13. The van der Waals surface area contributed by atoms with Gasteiger partial charge in [-0.1, -0.05) is 65.8 Å². The minimum atomic E-state index is -1.17. The molecule has 0 spiro atoms. The molecule has 0 aromatic heterocycles. The minimum Gasteiger partial charge on any atom is -0.458 e. The number of methoxy groups -OCH3 is 1. The number of carbonyl (C=O) groups is 3. The van der Waals surface area contributed by atoms with Crippen LogP contribution in [0.2, 0.25) is 0 Å². The summed E-state index contributed by atoms with van der Waals surface area (Å²) in [5, 5.41) is 21.7. The summed E-state index contributed by atoms with van der Waals surface area (Å²) < 4.78 is 31.4. The molecule has 4 N–H and O–H groups in total. The van der Waals surface area contributed by atoms with Crippen LogP contribution in [0.4, 0.5) is 4.79 Å². The zero-order valence-corrected chi connectivity index (χ0v) is 35.6. The van der Waals surface area contributed by atoms with E-state index in [1.807, 2.05) is 39.8 Å². The van der Waals surface area contributed by atoms with Crippen molar-refractivity contribution in [1.82, 2.24) is 20.9 Å². The van der Waals surface area contributed by atoms with Crippen LogP contribution in [0.15, 0.2) is 24.3 Å². The van der Waals surface area contributed by atoms with Gasteiger partial charge in [0.15, 0.2) is 17.7 Å². The molecule has 0 bridgehead atoms. The first-order valence-electron chi connectivity index (χ1n) is 20.1. The average molecular weight is 775 g/mol. The Morgan fingerprint density at radius 2 is 1.71 bits per heavy atom. The van der Waals surface area contributed by atoms with E-state index in [0.29, 0.717) is 38.9 Å². The largest absolute Gasteiger partial charge is 0.458 e. The van der Waals surface area contributed by atoms with E-state index in [4.69, 9.17) is 23.7 Å². The van der Waals surface area contributed by atoms with Gasteiger partial charge in [-0.05, 0) is 90.1 Å². The fraction of sp³-hybridized carbons (Fsp3) is 0.786. The van der Waals surface area contributed by atoms with Crippen molar-refractivity contribution in [3.05, 3.63) is 35.4 Å². The summed E-state index contributed by atoms with van der Waals surface area (Å²) in [7, 11) is 5.43. The monoisotopic (exact) mass is 775 g/mol. The Hall–Kier alpha value is -2.65. The lowest BCUT2D eigenvalue weighted by Crippen LogP contribution is -2.60. The van der Waals surface area contributed by atoms with E-state index in [0.717, 1.165) is 5.56 Å².